The van der Waals surface area contributed by atoms with Crippen molar-refractivity contribution in [3.8, 4) is 0 Å². The molecule has 0 spiro atoms. The van der Waals surface area contributed by atoms with Gasteiger partial charge in [-0.05, 0) is 31.1 Å². The summed E-state index contributed by atoms with van der Waals surface area (Å²) in [5, 5.41) is 2.50. The Morgan fingerprint density at radius 2 is 1.83 bits per heavy atom. The molecule has 0 bridgehead atoms. The van der Waals surface area contributed by atoms with Gasteiger partial charge in [0, 0.05) is 0 Å². The Labute approximate surface area is 139 Å². The Balaban J connectivity index is 2.32. The van der Waals surface area contributed by atoms with Gasteiger partial charge in [-0.15, -0.1) is 0 Å². The van der Waals surface area contributed by atoms with Crippen LogP contribution in [0, 0.1) is 11.8 Å². The van der Waals surface area contributed by atoms with Crippen molar-refractivity contribution in [3.05, 3.63) is 0 Å². The average Bonchev–Trinajstić information content (AvgIpc) is 2.43. The standard InChI is InChI=1S/C16H31N2O4P/c1-12(2)8-15(17)16(20)18-9-14(19)11-23(21,22)10-13-6-4-3-5-7-13/h12-13,15,21-22H,3-11,17H2,1-2H3/p+1/t15-/m0/s1. The van der Waals surface area contributed by atoms with E-state index >= 15 is 0 Å². The molecule has 23 heavy (non-hydrogen) atoms. The van der Waals surface area contributed by atoms with Crippen LogP contribution in [-0.2, 0) is 9.59 Å². The number of rotatable bonds is 9. The van der Waals surface area contributed by atoms with E-state index in [9.17, 15) is 19.4 Å². The van der Waals surface area contributed by atoms with Gasteiger partial charge in [-0.2, -0.15) is 0 Å². The minimum atomic E-state index is -3.21. The summed E-state index contributed by atoms with van der Waals surface area (Å²) in [4.78, 5) is 43.9. The Bertz CT molecular complexity index is 396. The van der Waals surface area contributed by atoms with Crippen molar-refractivity contribution in [1.82, 2.24) is 5.32 Å². The number of amides is 1. The van der Waals surface area contributed by atoms with E-state index in [1.165, 1.54) is 6.42 Å². The van der Waals surface area contributed by atoms with Crippen LogP contribution in [0.2, 0.25) is 0 Å². The molecule has 1 saturated carbocycles. The lowest BCUT2D eigenvalue weighted by molar-refractivity contribution is -0.125. The topological polar surface area (TPSA) is 113 Å². The van der Waals surface area contributed by atoms with Crippen LogP contribution < -0.4 is 11.1 Å². The fraction of sp³-hybridized carbons (Fsp3) is 0.875. The third-order valence-electron chi connectivity index (χ3n) is 4.23. The maximum Gasteiger partial charge on any atom is 0.275 e. The van der Waals surface area contributed by atoms with Crippen molar-refractivity contribution in [1.29, 1.82) is 0 Å². The highest BCUT2D eigenvalue weighted by Gasteiger charge is 2.39. The molecule has 0 aliphatic heterocycles. The molecule has 5 N–H and O–H groups in total. The van der Waals surface area contributed by atoms with Crippen molar-refractivity contribution >= 4 is 19.4 Å². The summed E-state index contributed by atoms with van der Waals surface area (Å²) >= 11 is 0. The summed E-state index contributed by atoms with van der Waals surface area (Å²) in [6.07, 6.45) is 6.13. The number of hydrogen-bond donors (Lipinski definition) is 4. The molecule has 0 heterocycles. The minimum absolute atomic E-state index is 0.182. The predicted molar refractivity (Wildman–Crippen MR) is 93.1 cm³/mol. The first-order chi connectivity index (χ1) is 10.7. The Kier molecular flexibility index (Phi) is 8.62. The van der Waals surface area contributed by atoms with Crippen LogP contribution in [0.15, 0.2) is 0 Å². The van der Waals surface area contributed by atoms with Gasteiger partial charge in [0.15, 0.2) is 11.9 Å². The fourth-order valence-electron chi connectivity index (χ4n) is 3.12. The molecule has 1 atom stereocenters. The second-order valence-electron chi connectivity index (χ2n) is 7.22. The third kappa shape index (κ3) is 8.75. The van der Waals surface area contributed by atoms with E-state index in [0.717, 1.165) is 25.7 Å². The van der Waals surface area contributed by atoms with Crippen LogP contribution in [0.1, 0.15) is 52.4 Å². The number of carbonyl (C=O) groups is 2. The van der Waals surface area contributed by atoms with E-state index in [1.54, 1.807) is 0 Å². The summed E-state index contributed by atoms with van der Waals surface area (Å²) < 4.78 is 0. The maximum atomic E-state index is 11.9. The number of nitrogens with one attached hydrogen (secondary N) is 1. The van der Waals surface area contributed by atoms with Crippen LogP contribution >= 0.6 is 7.72 Å². The number of ketones is 1. The molecule has 6 nitrogen and oxygen atoms in total. The van der Waals surface area contributed by atoms with E-state index in [-0.39, 0.29) is 24.4 Å². The molecular weight excluding hydrogens is 315 g/mol. The van der Waals surface area contributed by atoms with Gasteiger partial charge in [-0.1, -0.05) is 33.1 Å². The summed E-state index contributed by atoms with van der Waals surface area (Å²) in [7, 11) is -3.21. The molecule has 0 unspecified atom stereocenters. The largest absolute Gasteiger partial charge is 0.348 e. The summed E-state index contributed by atoms with van der Waals surface area (Å²) in [6, 6.07) is -0.632. The van der Waals surface area contributed by atoms with Crippen molar-refractivity contribution < 1.29 is 19.4 Å². The van der Waals surface area contributed by atoms with Gasteiger partial charge in [-0.25, -0.2) is 9.79 Å². The molecular formula is C16H32N2O4P+. The van der Waals surface area contributed by atoms with E-state index in [2.05, 4.69) is 5.32 Å². The van der Waals surface area contributed by atoms with E-state index in [1.807, 2.05) is 13.8 Å². The van der Waals surface area contributed by atoms with Crippen molar-refractivity contribution in [2.24, 2.45) is 17.6 Å². The lowest BCUT2D eigenvalue weighted by Gasteiger charge is -2.23. The first-order valence-electron chi connectivity index (χ1n) is 8.57. The normalized spacial score (nSPS) is 18.0. The van der Waals surface area contributed by atoms with Crippen LogP contribution in [-0.4, -0.2) is 46.4 Å². The highest BCUT2D eigenvalue weighted by atomic mass is 31.2. The zero-order chi connectivity index (χ0) is 17.5. The number of carbonyl (C=O) groups excluding carboxylic acids is 2. The summed E-state index contributed by atoms with van der Waals surface area (Å²) in [5.41, 5.74) is 5.74. The molecule has 1 aliphatic rings. The first-order valence-corrected chi connectivity index (χ1v) is 10.6. The molecule has 0 aromatic heterocycles. The van der Waals surface area contributed by atoms with Gasteiger partial charge >= 0.3 is 0 Å². The monoisotopic (exact) mass is 347 g/mol. The molecule has 0 aromatic rings. The lowest BCUT2D eigenvalue weighted by atomic mass is 9.91. The van der Waals surface area contributed by atoms with Crippen molar-refractivity contribution in [3.63, 3.8) is 0 Å². The number of hydrogen-bond acceptors (Lipinski definition) is 5. The van der Waals surface area contributed by atoms with Crippen LogP contribution in [0.3, 0.4) is 0 Å². The molecule has 0 aromatic carbocycles. The van der Waals surface area contributed by atoms with E-state index in [4.69, 9.17) is 5.73 Å². The Morgan fingerprint density at radius 1 is 1.22 bits per heavy atom. The average molecular weight is 347 g/mol. The summed E-state index contributed by atoms with van der Waals surface area (Å²) in [5.74, 6) is -0.0901. The lowest BCUT2D eigenvalue weighted by Crippen LogP contribution is -2.43. The van der Waals surface area contributed by atoms with Crippen LogP contribution in [0.25, 0.3) is 0 Å². The molecule has 134 valence electrons. The minimum Gasteiger partial charge on any atom is -0.348 e. The Hall–Kier alpha value is -0.550. The zero-order valence-electron chi connectivity index (χ0n) is 14.3. The molecule has 1 fully saturated rings. The van der Waals surface area contributed by atoms with E-state index in [0.29, 0.717) is 24.4 Å². The second kappa shape index (κ2) is 9.67. The third-order valence-corrected chi connectivity index (χ3v) is 6.19. The predicted octanol–water partition coefficient (Wildman–Crippen LogP) is 1.46. The highest BCUT2D eigenvalue weighted by Crippen LogP contribution is 2.52. The van der Waals surface area contributed by atoms with Gasteiger partial charge in [0.1, 0.15) is 6.16 Å². The van der Waals surface area contributed by atoms with Gasteiger partial charge in [-0.3, -0.25) is 9.59 Å². The maximum absolute atomic E-state index is 11.9. The van der Waals surface area contributed by atoms with Gasteiger partial charge < -0.3 is 11.1 Å². The van der Waals surface area contributed by atoms with Gasteiger partial charge in [0.25, 0.3) is 7.72 Å². The van der Waals surface area contributed by atoms with Crippen LogP contribution in [0.4, 0.5) is 0 Å². The summed E-state index contributed by atoms with van der Waals surface area (Å²) in [6.45, 7) is 3.76. The molecule has 0 radical (unpaired) electrons. The van der Waals surface area contributed by atoms with Crippen molar-refractivity contribution in [2.75, 3.05) is 18.9 Å². The zero-order valence-corrected chi connectivity index (χ0v) is 15.2. The molecule has 1 rings (SSSR count). The molecule has 0 saturated heterocycles. The highest BCUT2D eigenvalue weighted by molar-refractivity contribution is 7.65. The van der Waals surface area contributed by atoms with E-state index < -0.39 is 13.8 Å². The fourth-order valence-corrected chi connectivity index (χ4v) is 5.12. The smallest absolute Gasteiger partial charge is 0.275 e. The molecule has 1 aliphatic carbocycles. The Morgan fingerprint density at radius 3 is 2.39 bits per heavy atom. The number of nitrogens with two attached hydrogens (primary N) is 1. The van der Waals surface area contributed by atoms with Crippen LogP contribution in [0.5, 0.6) is 0 Å². The molecule has 7 heteroatoms. The second-order valence-corrected chi connectivity index (χ2v) is 9.65. The van der Waals surface area contributed by atoms with Crippen molar-refractivity contribution in [2.45, 2.75) is 58.4 Å². The van der Waals surface area contributed by atoms with Gasteiger partial charge in [0.2, 0.25) is 5.91 Å². The SMILES string of the molecule is CC(C)C[C@H](N)C(=O)NCC(=O)C[P+](O)(O)CC1CCCCC1. The quantitative estimate of drug-likeness (QED) is 0.472. The first kappa shape index (κ1) is 20.5. The van der Waals surface area contributed by atoms with Gasteiger partial charge in [0.05, 0.1) is 12.6 Å². The number of Topliss-reactive ketones (excluding diaryl/α,β-unsaturated/α-hetero) is 1. The molecule has 1 amide bonds.